The summed E-state index contributed by atoms with van der Waals surface area (Å²) in [4.78, 5) is 17.9. The SMILES string of the molecule is CC.COc1cc(NC(C(=O)c2c[nH]c3cc(OC)c(C)cc23)c2ccc(Cl)cc2OCCO)cc(S(C)=O)c1. The van der Waals surface area contributed by atoms with Crippen LogP contribution in [-0.2, 0) is 10.8 Å². The summed E-state index contributed by atoms with van der Waals surface area (Å²) in [6.07, 6.45) is 3.24. The summed E-state index contributed by atoms with van der Waals surface area (Å²) >= 11 is 6.24. The number of hydrogen-bond acceptors (Lipinski definition) is 7. The fraction of sp³-hybridized carbons (Fsp3) is 0.300. The highest BCUT2D eigenvalue weighted by Gasteiger charge is 2.28. The molecule has 1 aromatic heterocycles. The number of ketones is 1. The van der Waals surface area contributed by atoms with Gasteiger partial charge in [0.05, 0.1) is 20.8 Å². The van der Waals surface area contributed by atoms with E-state index >= 15 is 0 Å². The number of benzene rings is 3. The fourth-order valence-corrected chi connectivity index (χ4v) is 4.99. The molecular formula is C30H35ClN2O6S. The maximum absolute atomic E-state index is 14.2. The third-order valence-corrected chi connectivity index (χ3v) is 7.25. The predicted molar refractivity (Wildman–Crippen MR) is 161 cm³/mol. The number of methoxy groups -OCH3 is 2. The molecule has 0 fully saturated rings. The van der Waals surface area contributed by atoms with E-state index in [-0.39, 0.29) is 19.0 Å². The Labute approximate surface area is 242 Å². The molecule has 40 heavy (non-hydrogen) atoms. The van der Waals surface area contributed by atoms with E-state index in [1.54, 1.807) is 56.0 Å². The van der Waals surface area contributed by atoms with E-state index in [1.165, 1.54) is 7.11 Å². The summed E-state index contributed by atoms with van der Waals surface area (Å²) in [6, 6.07) is 13.0. The van der Waals surface area contributed by atoms with Crippen LogP contribution < -0.4 is 19.5 Å². The number of Topliss-reactive ketones (excluding diaryl/α,β-unsaturated/α-hetero) is 1. The van der Waals surface area contributed by atoms with E-state index < -0.39 is 16.8 Å². The van der Waals surface area contributed by atoms with Gasteiger partial charge in [-0.2, -0.15) is 0 Å². The van der Waals surface area contributed by atoms with Crippen LogP contribution in [0.1, 0.15) is 41.4 Å². The molecule has 0 aliphatic carbocycles. The van der Waals surface area contributed by atoms with Crippen LogP contribution in [-0.4, -0.2) is 53.8 Å². The number of carbonyl (C=O) groups excluding carboxylic acids is 1. The summed E-state index contributed by atoms with van der Waals surface area (Å²) < 4.78 is 28.9. The predicted octanol–water partition coefficient (Wildman–Crippen LogP) is 6.32. The number of anilines is 1. The molecule has 2 atom stereocenters. The van der Waals surface area contributed by atoms with Crippen LogP contribution in [0.5, 0.6) is 17.2 Å². The van der Waals surface area contributed by atoms with Crippen molar-refractivity contribution in [2.75, 3.05) is 39.0 Å². The second-order valence-electron chi connectivity index (χ2n) is 8.62. The van der Waals surface area contributed by atoms with E-state index in [1.807, 2.05) is 32.9 Å². The molecule has 0 amide bonds. The van der Waals surface area contributed by atoms with Crippen LogP contribution in [0, 0.1) is 6.92 Å². The van der Waals surface area contributed by atoms with Crippen molar-refractivity contribution in [2.24, 2.45) is 0 Å². The molecular weight excluding hydrogens is 552 g/mol. The Hall–Kier alpha value is -3.53. The normalized spacial score (nSPS) is 12.2. The van der Waals surface area contributed by atoms with Gasteiger partial charge in [0.1, 0.15) is 29.9 Å². The number of aromatic nitrogens is 1. The van der Waals surface area contributed by atoms with Crippen molar-refractivity contribution < 1.29 is 28.3 Å². The molecule has 3 aromatic carbocycles. The first-order valence-corrected chi connectivity index (χ1v) is 14.7. The lowest BCUT2D eigenvalue weighted by atomic mass is 9.95. The summed E-state index contributed by atoms with van der Waals surface area (Å²) in [6.45, 7) is 5.74. The van der Waals surface area contributed by atoms with E-state index in [4.69, 9.17) is 25.8 Å². The number of aliphatic hydroxyl groups is 1. The third-order valence-electron chi connectivity index (χ3n) is 6.12. The molecule has 0 saturated carbocycles. The number of H-pyrrole nitrogens is 1. The number of ether oxygens (including phenoxy) is 3. The maximum Gasteiger partial charge on any atom is 0.191 e. The van der Waals surface area contributed by atoms with Crippen LogP contribution in [0.25, 0.3) is 10.9 Å². The van der Waals surface area contributed by atoms with Gasteiger partial charge in [0.15, 0.2) is 5.78 Å². The minimum atomic E-state index is -1.28. The van der Waals surface area contributed by atoms with Crippen LogP contribution in [0.2, 0.25) is 5.02 Å². The molecule has 0 radical (unpaired) electrons. The lowest BCUT2D eigenvalue weighted by molar-refractivity contribution is 0.0969. The second-order valence-corrected chi connectivity index (χ2v) is 10.4. The van der Waals surface area contributed by atoms with Crippen molar-refractivity contribution >= 4 is 44.8 Å². The topological polar surface area (TPSA) is 110 Å². The van der Waals surface area contributed by atoms with Crippen LogP contribution in [0.4, 0.5) is 5.69 Å². The first kappa shape index (κ1) is 31.0. The minimum Gasteiger partial charge on any atom is -0.497 e. The number of fused-ring (bicyclic) bond motifs is 1. The van der Waals surface area contributed by atoms with Gasteiger partial charge in [0.25, 0.3) is 0 Å². The molecule has 0 spiro atoms. The van der Waals surface area contributed by atoms with Gasteiger partial charge in [-0.25, -0.2) is 0 Å². The number of aliphatic hydroxyl groups excluding tert-OH is 1. The number of aromatic amines is 1. The average molecular weight is 587 g/mol. The monoisotopic (exact) mass is 586 g/mol. The highest BCUT2D eigenvalue weighted by Crippen LogP contribution is 2.36. The van der Waals surface area contributed by atoms with E-state index in [9.17, 15) is 14.1 Å². The van der Waals surface area contributed by atoms with E-state index in [0.717, 1.165) is 16.5 Å². The number of carbonyl (C=O) groups is 1. The van der Waals surface area contributed by atoms with Gasteiger partial charge >= 0.3 is 0 Å². The summed E-state index contributed by atoms with van der Waals surface area (Å²) in [7, 11) is 1.84. The van der Waals surface area contributed by atoms with Gasteiger partial charge in [-0.15, -0.1) is 0 Å². The zero-order chi connectivity index (χ0) is 29.4. The number of hydrogen-bond donors (Lipinski definition) is 3. The largest absolute Gasteiger partial charge is 0.497 e. The smallest absolute Gasteiger partial charge is 0.191 e. The van der Waals surface area contributed by atoms with Crippen LogP contribution in [0.3, 0.4) is 0 Å². The molecule has 0 bridgehead atoms. The van der Waals surface area contributed by atoms with Crippen LogP contribution in [0.15, 0.2) is 59.6 Å². The Balaban J connectivity index is 0.00000216. The quantitative estimate of drug-likeness (QED) is 0.176. The Morgan fingerprint density at radius 2 is 1.82 bits per heavy atom. The van der Waals surface area contributed by atoms with Gasteiger partial charge in [-0.3, -0.25) is 9.00 Å². The highest BCUT2D eigenvalue weighted by molar-refractivity contribution is 7.84. The lowest BCUT2D eigenvalue weighted by Gasteiger charge is -2.23. The summed E-state index contributed by atoms with van der Waals surface area (Å²) in [5.74, 6) is 1.33. The van der Waals surface area contributed by atoms with Crippen molar-refractivity contribution in [3.8, 4) is 17.2 Å². The summed E-state index contributed by atoms with van der Waals surface area (Å²) in [5.41, 5.74) is 3.17. The molecule has 4 rings (SSSR count). The van der Waals surface area contributed by atoms with Gasteiger partial charge in [-0.05, 0) is 42.8 Å². The van der Waals surface area contributed by atoms with Crippen molar-refractivity contribution in [1.82, 2.24) is 4.98 Å². The number of halogens is 1. The highest BCUT2D eigenvalue weighted by atomic mass is 35.5. The van der Waals surface area contributed by atoms with E-state index in [0.29, 0.717) is 44.0 Å². The number of nitrogens with one attached hydrogen (secondary N) is 2. The first-order valence-electron chi connectivity index (χ1n) is 12.8. The van der Waals surface area contributed by atoms with Crippen molar-refractivity contribution in [3.05, 3.63) is 76.4 Å². The van der Waals surface area contributed by atoms with Gasteiger partial charge in [0, 0.05) is 73.0 Å². The first-order chi connectivity index (χ1) is 19.2. The Morgan fingerprint density at radius 3 is 2.48 bits per heavy atom. The maximum atomic E-state index is 14.2. The lowest BCUT2D eigenvalue weighted by Crippen LogP contribution is -2.22. The molecule has 3 N–H and O–H groups in total. The zero-order valence-electron chi connectivity index (χ0n) is 23.5. The van der Waals surface area contributed by atoms with Crippen molar-refractivity contribution in [2.45, 2.75) is 31.7 Å². The standard InChI is InChI=1S/C28H29ClN2O6S.C2H6/c1-16-9-22-23(15-30-24(22)14-25(16)36-3)28(33)27(21-6-5-17(29)10-26(21)37-8-7-32)31-18-11-19(35-2)13-20(12-18)38(4)34;1-2/h5-6,9-15,27,30-32H,7-8H2,1-4H3;1-2H3. The molecule has 0 aliphatic heterocycles. The van der Waals surface area contributed by atoms with Crippen molar-refractivity contribution in [1.29, 1.82) is 0 Å². The minimum absolute atomic E-state index is 0.0262. The molecule has 1 heterocycles. The van der Waals surface area contributed by atoms with Gasteiger partial charge in [-0.1, -0.05) is 31.5 Å². The molecule has 2 unspecified atom stereocenters. The number of rotatable bonds is 11. The average Bonchev–Trinajstić information content (AvgIpc) is 3.37. The van der Waals surface area contributed by atoms with Crippen LogP contribution >= 0.6 is 11.6 Å². The molecule has 0 aliphatic rings. The second kappa shape index (κ2) is 14.2. The molecule has 4 aromatic rings. The van der Waals surface area contributed by atoms with Gasteiger partial charge < -0.3 is 29.6 Å². The number of aryl methyl sites for hydroxylation is 1. The Kier molecular flexibility index (Phi) is 11.0. The molecule has 10 heteroatoms. The summed E-state index contributed by atoms with van der Waals surface area (Å²) in [5, 5.41) is 13.8. The van der Waals surface area contributed by atoms with E-state index in [2.05, 4.69) is 10.3 Å². The zero-order valence-corrected chi connectivity index (χ0v) is 25.0. The molecule has 0 saturated heterocycles. The Bertz CT molecular complexity index is 1500. The third kappa shape index (κ3) is 6.96. The fourth-order valence-electron chi connectivity index (χ4n) is 4.25. The van der Waals surface area contributed by atoms with Crippen molar-refractivity contribution in [3.63, 3.8) is 0 Å². The molecule has 8 nitrogen and oxygen atoms in total. The molecule has 214 valence electrons. The Morgan fingerprint density at radius 1 is 1.07 bits per heavy atom. The van der Waals surface area contributed by atoms with Gasteiger partial charge in [0.2, 0.25) is 0 Å².